The second-order valence-electron chi connectivity index (χ2n) is 4.84. The summed E-state index contributed by atoms with van der Waals surface area (Å²) in [5.41, 5.74) is 0. The molecule has 0 aromatic rings. The molecule has 0 rings (SSSR count). The largest absolute Gasteiger partial charge is 0.481 e. The Balaban J connectivity index is 3.10. The van der Waals surface area contributed by atoms with Gasteiger partial charge < -0.3 is 5.11 Å². The number of hydrogen-bond donors (Lipinski definition) is 1. The number of carboxylic acids is 1. The van der Waals surface area contributed by atoms with Crippen LogP contribution in [0.15, 0.2) is 0 Å². The fourth-order valence-corrected chi connectivity index (χ4v) is 1.98. The lowest BCUT2D eigenvalue weighted by atomic mass is 10.0. The van der Waals surface area contributed by atoms with Gasteiger partial charge in [0.15, 0.2) is 0 Å². The van der Waals surface area contributed by atoms with Crippen LogP contribution in [0.25, 0.3) is 0 Å². The predicted molar refractivity (Wildman–Crippen MR) is 68.6 cm³/mol. The Hall–Kier alpha value is -0.570. The van der Waals surface area contributed by atoms with E-state index in [4.69, 9.17) is 5.11 Å². The van der Waals surface area contributed by atoms with Crippen molar-refractivity contribution in [3.05, 3.63) is 0 Å². The van der Waals surface area contributed by atoms with E-state index < -0.39 is 12.1 Å². The third-order valence-electron chi connectivity index (χ3n) is 3.03. The molecule has 0 amide bonds. The normalized spacial score (nSPS) is 12.6. The fraction of sp³-hybridized carbons (Fsp3) is 0.929. The Morgan fingerprint density at radius 2 is 1.41 bits per heavy atom. The first-order valence-corrected chi connectivity index (χ1v) is 7.04. The van der Waals surface area contributed by atoms with Crippen LogP contribution in [0.2, 0.25) is 0 Å². The van der Waals surface area contributed by atoms with Crippen LogP contribution >= 0.6 is 0 Å². The highest BCUT2D eigenvalue weighted by molar-refractivity contribution is 5.67. The van der Waals surface area contributed by atoms with Crippen molar-refractivity contribution in [3.8, 4) is 0 Å². The highest BCUT2D eigenvalue weighted by atomic mass is 16.4. The average molecular weight is 243 g/mol. The van der Waals surface area contributed by atoms with E-state index in [1.165, 1.54) is 44.9 Å². The number of carbonyl (C=O) groups is 1. The number of unbranched alkanes of at least 4 members (excludes halogenated alkanes) is 8. The van der Waals surface area contributed by atoms with Gasteiger partial charge in [-0.2, -0.15) is 0 Å². The van der Waals surface area contributed by atoms with Crippen LogP contribution in [0.4, 0.5) is 0 Å². The van der Waals surface area contributed by atoms with E-state index >= 15 is 0 Å². The molecule has 0 aromatic heterocycles. The van der Waals surface area contributed by atoms with Crippen molar-refractivity contribution >= 4 is 5.97 Å². The maximum absolute atomic E-state index is 11.2. The highest BCUT2D eigenvalue weighted by Gasteiger charge is 2.10. The van der Waals surface area contributed by atoms with E-state index in [1.54, 1.807) is 0 Å². The van der Waals surface area contributed by atoms with Gasteiger partial charge in [0, 0.05) is 0 Å². The van der Waals surface area contributed by atoms with Gasteiger partial charge >= 0.3 is 5.97 Å². The van der Waals surface area contributed by atoms with Crippen molar-refractivity contribution in [2.75, 3.05) is 0 Å². The summed E-state index contributed by atoms with van der Waals surface area (Å²) in [7, 11) is 0. The van der Waals surface area contributed by atoms with Crippen molar-refractivity contribution in [2.45, 2.75) is 83.7 Å². The smallest absolute Gasteiger partial charge is 0.306 e. The van der Waals surface area contributed by atoms with Crippen molar-refractivity contribution in [1.82, 2.24) is 0 Å². The van der Waals surface area contributed by atoms with Gasteiger partial charge in [-0.25, -0.2) is 5.11 Å². The molecule has 101 valence electrons. The van der Waals surface area contributed by atoms with Crippen LogP contribution in [0.5, 0.6) is 0 Å². The Morgan fingerprint density at radius 1 is 0.941 bits per heavy atom. The molecule has 1 N–H and O–H groups in total. The Morgan fingerprint density at radius 3 is 1.88 bits per heavy atom. The molecule has 0 aliphatic carbocycles. The molecule has 3 heteroatoms. The third-order valence-corrected chi connectivity index (χ3v) is 3.03. The minimum atomic E-state index is -0.971. The zero-order valence-electron chi connectivity index (χ0n) is 11.1. The maximum atomic E-state index is 11.2. The first-order chi connectivity index (χ1) is 8.16. The molecule has 0 saturated heterocycles. The Kier molecular flexibility index (Phi) is 11.5. The molecule has 0 aliphatic rings. The van der Waals surface area contributed by atoms with E-state index in [2.05, 4.69) is 6.92 Å². The third kappa shape index (κ3) is 13.4. The molecule has 0 aliphatic heterocycles. The number of aliphatic carboxylic acids is 1. The molecular formula is C14H27O3. The van der Waals surface area contributed by atoms with Gasteiger partial charge in [-0.1, -0.05) is 64.7 Å². The topological polar surface area (TPSA) is 57.2 Å². The van der Waals surface area contributed by atoms with Gasteiger partial charge in [0.25, 0.3) is 0 Å². The van der Waals surface area contributed by atoms with Crippen molar-refractivity contribution in [2.24, 2.45) is 0 Å². The summed E-state index contributed by atoms with van der Waals surface area (Å²) in [6.45, 7) is 2.22. The van der Waals surface area contributed by atoms with E-state index in [9.17, 15) is 9.90 Å². The van der Waals surface area contributed by atoms with Crippen molar-refractivity contribution < 1.29 is 15.0 Å². The Labute approximate surface area is 105 Å². The number of carboxylic acid groups (broad SMARTS) is 1. The first-order valence-electron chi connectivity index (χ1n) is 7.04. The van der Waals surface area contributed by atoms with E-state index in [0.29, 0.717) is 6.42 Å². The lowest BCUT2D eigenvalue weighted by molar-refractivity contribution is -0.140. The number of rotatable bonds is 12. The van der Waals surface area contributed by atoms with Gasteiger partial charge in [-0.3, -0.25) is 4.79 Å². The van der Waals surface area contributed by atoms with Gasteiger partial charge in [0.2, 0.25) is 0 Å². The van der Waals surface area contributed by atoms with Gasteiger partial charge in [-0.15, -0.1) is 0 Å². The number of hydrogen-bond acceptors (Lipinski definition) is 1. The molecule has 0 bridgehead atoms. The van der Waals surface area contributed by atoms with Crippen LogP contribution in [0.3, 0.4) is 0 Å². The van der Waals surface area contributed by atoms with Crippen LogP contribution in [0.1, 0.15) is 77.6 Å². The molecule has 1 radical (unpaired) electrons. The summed E-state index contributed by atoms with van der Waals surface area (Å²) >= 11 is 0. The van der Waals surface area contributed by atoms with Gasteiger partial charge in [-0.05, 0) is 6.42 Å². The lowest BCUT2D eigenvalue weighted by Gasteiger charge is -2.05. The highest BCUT2D eigenvalue weighted by Crippen LogP contribution is 2.12. The molecule has 0 aromatic carbocycles. The first kappa shape index (κ1) is 16.4. The predicted octanol–water partition coefficient (Wildman–Crippen LogP) is 4.18. The summed E-state index contributed by atoms with van der Waals surface area (Å²) in [5, 5.41) is 19.6. The van der Waals surface area contributed by atoms with Gasteiger partial charge in [0.05, 0.1) is 6.42 Å². The van der Waals surface area contributed by atoms with E-state index in [0.717, 1.165) is 12.8 Å². The molecule has 0 heterocycles. The summed E-state index contributed by atoms with van der Waals surface area (Å²) in [6, 6.07) is 0. The zero-order valence-corrected chi connectivity index (χ0v) is 11.1. The van der Waals surface area contributed by atoms with Crippen LogP contribution < -0.4 is 0 Å². The molecule has 0 fully saturated rings. The average Bonchev–Trinajstić information content (AvgIpc) is 2.26. The minimum absolute atomic E-state index is 0.225. The maximum Gasteiger partial charge on any atom is 0.306 e. The molecule has 3 nitrogen and oxygen atoms in total. The van der Waals surface area contributed by atoms with Crippen LogP contribution in [-0.2, 0) is 9.90 Å². The molecular weight excluding hydrogens is 216 g/mol. The summed E-state index contributed by atoms with van der Waals surface area (Å²) in [6.07, 6.45) is 10.4. The van der Waals surface area contributed by atoms with Gasteiger partial charge in [0.1, 0.15) is 6.10 Å². The minimum Gasteiger partial charge on any atom is -0.481 e. The molecule has 1 unspecified atom stereocenters. The van der Waals surface area contributed by atoms with Crippen LogP contribution in [0, 0.1) is 0 Å². The molecule has 0 saturated carbocycles. The monoisotopic (exact) mass is 243 g/mol. The van der Waals surface area contributed by atoms with E-state index in [1.807, 2.05) is 0 Å². The van der Waals surface area contributed by atoms with Crippen molar-refractivity contribution in [3.63, 3.8) is 0 Å². The SMILES string of the molecule is CCCCCCCCCCCC([O])CC(=O)O. The fourth-order valence-electron chi connectivity index (χ4n) is 1.98. The lowest BCUT2D eigenvalue weighted by Crippen LogP contribution is -2.10. The summed E-state index contributed by atoms with van der Waals surface area (Å²) in [4.78, 5) is 10.3. The standard InChI is InChI=1S/C14H27O3/c1-2-3-4-5-6-7-8-9-10-11-13(15)12-14(16)17/h13H,2-12H2,1H3,(H,16,17). The Bertz CT molecular complexity index is 180. The molecule has 17 heavy (non-hydrogen) atoms. The second kappa shape index (κ2) is 11.9. The molecule has 0 spiro atoms. The zero-order chi connectivity index (χ0) is 12.9. The molecule has 1 atom stereocenters. The second-order valence-corrected chi connectivity index (χ2v) is 4.84. The van der Waals surface area contributed by atoms with Crippen LogP contribution in [-0.4, -0.2) is 17.2 Å². The quantitative estimate of drug-likeness (QED) is 0.523. The summed E-state index contributed by atoms with van der Waals surface area (Å²) < 4.78 is 0. The summed E-state index contributed by atoms with van der Waals surface area (Å²) in [5.74, 6) is -0.971. The van der Waals surface area contributed by atoms with E-state index in [-0.39, 0.29) is 6.42 Å². The van der Waals surface area contributed by atoms with Crippen molar-refractivity contribution in [1.29, 1.82) is 0 Å².